The first-order valence-electron chi connectivity index (χ1n) is 5.34. The van der Waals surface area contributed by atoms with Crippen molar-refractivity contribution in [1.29, 1.82) is 0 Å². The number of carbonyl (C=O) groups is 1. The van der Waals surface area contributed by atoms with Crippen LogP contribution in [-0.2, 0) is 4.79 Å². The van der Waals surface area contributed by atoms with Crippen LogP contribution < -0.4 is 5.43 Å². The summed E-state index contributed by atoms with van der Waals surface area (Å²) in [5.41, 5.74) is 4.87. The van der Waals surface area contributed by atoms with Gasteiger partial charge in [-0.1, -0.05) is 50.3 Å². The quantitative estimate of drug-likeness (QED) is 0.752. The van der Waals surface area contributed by atoms with Gasteiger partial charge in [0.25, 0.3) is 5.91 Å². The van der Waals surface area contributed by atoms with E-state index in [1.165, 1.54) is 0 Å². The summed E-state index contributed by atoms with van der Waals surface area (Å²) >= 11 is 0. The first-order valence-corrected chi connectivity index (χ1v) is 5.34. The van der Waals surface area contributed by atoms with Gasteiger partial charge < -0.3 is 0 Å². The molecule has 1 aliphatic heterocycles. The SMILES string of the molecule is CC(C)C=C1C(=O)NN=C1c1ccccc1. The first-order chi connectivity index (χ1) is 7.68. The Morgan fingerprint density at radius 2 is 1.94 bits per heavy atom. The fraction of sp³-hybridized carbons (Fsp3) is 0.231. The highest BCUT2D eigenvalue weighted by Gasteiger charge is 2.23. The van der Waals surface area contributed by atoms with E-state index in [-0.39, 0.29) is 5.91 Å². The van der Waals surface area contributed by atoms with Crippen LogP contribution in [-0.4, -0.2) is 11.6 Å². The molecule has 0 radical (unpaired) electrons. The van der Waals surface area contributed by atoms with Gasteiger partial charge in [-0.15, -0.1) is 0 Å². The van der Waals surface area contributed by atoms with Gasteiger partial charge in [-0.05, 0) is 5.92 Å². The molecule has 0 saturated carbocycles. The molecule has 16 heavy (non-hydrogen) atoms. The van der Waals surface area contributed by atoms with Crippen LogP contribution in [0.3, 0.4) is 0 Å². The van der Waals surface area contributed by atoms with Crippen molar-refractivity contribution in [1.82, 2.24) is 5.43 Å². The van der Waals surface area contributed by atoms with Gasteiger partial charge in [0.1, 0.15) is 5.71 Å². The zero-order valence-corrected chi connectivity index (χ0v) is 9.40. The molecule has 0 aliphatic carbocycles. The number of carbonyl (C=O) groups excluding carboxylic acids is 1. The molecule has 0 unspecified atom stereocenters. The van der Waals surface area contributed by atoms with E-state index in [4.69, 9.17) is 0 Å². The number of allylic oxidation sites excluding steroid dienone is 1. The summed E-state index contributed by atoms with van der Waals surface area (Å²) in [6, 6.07) is 9.72. The van der Waals surface area contributed by atoms with Crippen molar-refractivity contribution in [2.75, 3.05) is 0 Å². The van der Waals surface area contributed by atoms with Crippen molar-refractivity contribution in [2.45, 2.75) is 13.8 Å². The normalized spacial score (nSPS) is 17.8. The van der Waals surface area contributed by atoms with Crippen molar-refractivity contribution in [2.24, 2.45) is 11.0 Å². The molecule has 3 nitrogen and oxygen atoms in total. The van der Waals surface area contributed by atoms with Crippen LogP contribution in [0.5, 0.6) is 0 Å². The Labute approximate surface area is 94.9 Å². The predicted octanol–water partition coefficient (Wildman–Crippen LogP) is 2.10. The summed E-state index contributed by atoms with van der Waals surface area (Å²) in [5.74, 6) is 0.209. The van der Waals surface area contributed by atoms with Gasteiger partial charge in [0.05, 0.1) is 5.57 Å². The highest BCUT2D eigenvalue weighted by molar-refractivity contribution is 6.30. The Morgan fingerprint density at radius 3 is 2.56 bits per heavy atom. The third-order valence-corrected chi connectivity index (χ3v) is 2.32. The van der Waals surface area contributed by atoms with Crippen LogP contribution in [0.25, 0.3) is 0 Å². The van der Waals surface area contributed by atoms with E-state index in [1.54, 1.807) is 0 Å². The summed E-state index contributed by atoms with van der Waals surface area (Å²) in [7, 11) is 0. The minimum Gasteiger partial charge on any atom is -0.267 e. The molecule has 0 saturated heterocycles. The highest BCUT2D eigenvalue weighted by atomic mass is 16.2. The van der Waals surface area contributed by atoms with Gasteiger partial charge in [-0.25, -0.2) is 5.43 Å². The Bertz CT molecular complexity index is 458. The molecule has 82 valence electrons. The van der Waals surface area contributed by atoms with Crippen molar-refractivity contribution in [3.8, 4) is 0 Å². The van der Waals surface area contributed by atoms with Gasteiger partial charge in [0.2, 0.25) is 0 Å². The molecule has 1 N–H and O–H groups in total. The molecule has 1 aliphatic rings. The van der Waals surface area contributed by atoms with E-state index in [2.05, 4.69) is 10.5 Å². The van der Waals surface area contributed by atoms with Gasteiger partial charge >= 0.3 is 0 Å². The second-order valence-corrected chi connectivity index (χ2v) is 4.09. The van der Waals surface area contributed by atoms with Gasteiger partial charge in [-0.2, -0.15) is 5.10 Å². The number of rotatable bonds is 2. The Kier molecular flexibility index (Phi) is 2.86. The fourth-order valence-electron chi connectivity index (χ4n) is 1.64. The standard InChI is InChI=1S/C13H14N2O/c1-9(2)8-11-12(14-15-13(11)16)10-6-4-3-5-7-10/h3-9H,1-2H3,(H,15,16). The molecular formula is C13H14N2O. The zero-order valence-electron chi connectivity index (χ0n) is 9.40. The number of hydrogen-bond acceptors (Lipinski definition) is 2. The Balaban J connectivity index is 2.39. The van der Waals surface area contributed by atoms with Crippen molar-refractivity contribution < 1.29 is 4.79 Å². The molecule has 1 aromatic rings. The lowest BCUT2D eigenvalue weighted by molar-refractivity contribution is -0.116. The predicted molar refractivity (Wildman–Crippen MR) is 64.0 cm³/mol. The smallest absolute Gasteiger partial charge is 0.267 e. The molecule has 3 heteroatoms. The monoisotopic (exact) mass is 214 g/mol. The van der Waals surface area contributed by atoms with Crippen LogP contribution in [0.1, 0.15) is 19.4 Å². The summed E-state index contributed by atoms with van der Waals surface area (Å²) < 4.78 is 0. The Hall–Kier alpha value is -1.90. The van der Waals surface area contributed by atoms with Crippen LogP contribution in [0.2, 0.25) is 0 Å². The van der Waals surface area contributed by atoms with E-state index >= 15 is 0 Å². The topological polar surface area (TPSA) is 41.5 Å². The van der Waals surface area contributed by atoms with Gasteiger partial charge in [0.15, 0.2) is 0 Å². The van der Waals surface area contributed by atoms with Crippen LogP contribution in [0.15, 0.2) is 47.1 Å². The second kappa shape index (κ2) is 4.31. The number of amides is 1. The molecule has 0 spiro atoms. The van der Waals surface area contributed by atoms with Crippen molar-refractivity contribution in [3.63, 3.8) is 0 Å². The van der Waals surface area contributed by atoms with Crippen LogP contribution in [0.4, 0.5) is 0 Å². The fourth-order valence-corrected chi connectivity index (χ4v) is 1.64. The Morgan fingerprint density at radius 1 is 1.25 bits per heavy atom. The van der Waals surface area contributed by atoms with E-state index in [0.717, 1.165) is 11.3 Å². The van der Waals surface area contributed by atoms with E-state index in [9.17, 15) is 4.79 Å². The zero-order chi connectivity index (χ0) is 11.5. The third-order valence-electron chi connectivity index (χ3n) is 2.32. The lowest BCUT2D eigenvalue weighted by atomic mass is 10.00. The number of benzene rings is 1. The summed E-state index contributed by atoms with van der Waals surface area (Å²) in [4.78, 5) is 11.6. The molecule has 0 bridgehead atoms. The average Bonchev–Trinajstić information content (AvgIpc) is 2.61. The summed E-state index contributed by atoms with van der Waals surface area (Å²) in [6.07, 6.45) is 1.94. The maximum absolute atomic E-state index is 11.6. The minimum absolute atomic E-state index is 0.118. The third kappa shape index (κ3) is 2.03. The first kappa shape index (κ1) is 10.6. The minimum atomic E-state index is -0.118. The van der Waals surface area contributed by atoms with E-state index in [0.29, 0.717) is 11.5 Å². The maximum atomic E-state index is 11.6. The largest absolute Gasteiger partial charge is 0.273 e. The molecular weight excluding hydrogens is 200 g/mol. The number of nitrogens with zero attached hydrogens (tertiary/aromatic N) is 1. The number of hydrogen-bond donors (Lipinski definition) is 1. The second-order valence-electron chi connectivity index (χ2n) is 4.09. The molecule has 0 aromatic heterocycles. The van der Waals surface area contributed by atoms with Crippen LogP contribution in [0, 0.1) is 5.92 Å². The number of hydrazone groups is 1. The number of nitrogens with one attached hydrogen (secondary N) is 1. The van der Waals surface area contributed by atoms with E-state index < -0.39 is 0 Å². The lowest BCUT2D eigenvalue weighted by Gasteiger charge is -2.02. The van der Waals surface area contributed by atoms with E-state index in [1.807, 2.05) is 50.3 Å². The summed E-state index contributed by atoms with van der Waals surface area (Å²) in [5, 5.41) is 4.07. The summed E-state index contributed by atoms with van der Waals surface area (Å²) in [6.45, 7) is 4.09. The van der Waals surface area contributed by atoms with Crippen LogP contribution >= 0.6 is 0 Å². The highest BCUT2D eigenvalue weighted by Crippen LogP contribution is 2.16. The average molecular weight is 214 g/mol. The molecule has 1 aromatic carbocycles. The van der Waals surface area contributed by atoms with Crippen molar-refractivity contribution in [3.05, 3.63) is 47.5 Å². The molecule has 0 atom stereocenters. The van der Waals surface area contributed by atoms with Gasteiger partial charge in [0, 0.05) is 5.56 Å². The molecule has 1 heterocycles. The molecule has 2 rings (SSSR count). The lowest BCUT2D eigenvalue weighted by Crippen LogP contribution is -2.14. The molecule has 0 fully saturated rings. The maximum Gasteiger partial charge on any atom is 0.273 e. The molecule has 1 amide bonds. The van der Waals surface area contributed by atoms with Crippen molar-refractivity contribution >= 4 is 11.6 Å². The van der Waals surface area contributed by atoms with Gasteiger partial charge in [-0.3, -0.25) is 4.79 Å².